The van der Waals surface area contributed by atoms with Crippen LogP contribution in [0.1, 0.15) is 58.5 Å². The number of fused-ring (bicyclic) bond motifs is 2. The summed E-state index contributed by atoms with van der Waals surface area (Å²) in [6.07, 6.45) is 1.95. The molecule has 0 aliphatic carbocycles. The fraction of sp³-hybridized carbons (Fsp3) is 0.517. The zero-order chi connectivity index (χ0) is 29.5. The number of carbonyl (C=O) groups is 1. The van der Waals surface area contributed by atoms with E-state index in [0.29, 0.717) is 42.6 Å². The first-order valence-electron chi connectivity index (χ1n) is 14.1. The van der Waals surface area contributed by atoms with Crippen molar-refractivity contribution in [3.63, 3.8) is 0 Å². The van der Waals surface area contributed by atoms with Gasteiger partial charge in [0.1, 0.15) is 11.4 Å². The molecule has 12 heteroatoms. The molecule has 4 heterocycles. The van der Waals surface area contributed by atoms with Crippen molar-refractivity contribution in [1.82, 2.24) is 34.0 Å². The minimum absolute atomic E-state index is 0.0502. The molecular formula is C29H38N8O4. The van der Waals surface area contributed by atoms with Gasteiger partial charge in [-0.15, -0.1) is 0 Å². The lowest BCUT2D eigenvalue weighted by molar-refractivity contribution is 0.0499. The van der Waals surface area contributed by atoms with E-state index in [-0.39, 0.29) is 12.6 Å². The predicted octanol–water partition coefficient (Wildman–Crippen LogP) is 3.10. The van der Waals surface area contributed by atoms with Gasteiger partial charge in [-0.25, -0.2) is 19.6 Å². The van der Waals surface area contributed by atoms with Crippen LogP contribution in [0, 0.1) is 6.92 Å². The molecule has 1 aliphatic rings. The molecule has 0 unspecified atom stereocenters. The Hall–Kier alpha value is -4.22. The van der Waals surface area contributed by atoms with Gasteiger partial charge in [0.15, 0.2) is 11.2 Å². The number of rotatable bonds is 6. The lowest BCUT2D eigenvalue weighted by atomic mass is 10.1. The zero-order valence-corrected chi connectivity index (χ0v) is 24.6. The molecule has 0 radical (unpaired) electrons. The van der Waals surface area contributed by atoms with Crippen LogP contribution in [0.15, 0.2) is 33.9 Å². The second-order valence-electron chi connectivity index (χ2n) is 11.6. The van der Waals surface area contributed by atoms with Crippen molar-refractivity contribution in [3.8, 4) is 0 Å². The number of benzene rings is 1. The minimum Gasteiger partial charge on any atom is -0.444 e. The second kappa shape index (κ2) is 11.0. The fourth-order valence-corrected chi connectivity index (χ4v) is 5.43. The highest BCUT2D eigenvalue weighted by molar-refractivity contribution is 5.80. The largest absolute Gasteiger partial charge is 0.444 e. The minimum atomic E-state index is -0.588. The Morgan fingerprint density at radius 3 is 2.61 bits per heavy atom. The number of anilines is 1. The van der Waals surface area contributed by atoms with Gasteiger partial charge in [0.05, 0.1) is 12.1 Å². The number of nitrogens with zero attached hydrogens (tertiary/aromatic N) is 7. The number of piperidine rings is 1. The Balaban J connectivity index is 1.53. The van der Waals surface area contributed by atoms with E-state index < -0.39 is 22.9 Å². The second-order valence-corrected chi connectivity index (χ2v) is 11.6. The number of amides is 1. The first-order chi connectivity index (χ1) is 19.5. The maximum atomic E-state index is 13.9. The summed E-state index contributed by atoms with van der Waals surface area (Å²) in [7, 11) is 1.63. The predicted molar refractivity (Wildman–Crippen MR) is 158 cm³/mol. The van der Waals surface area contributed by atoms with Crippen molar-refractivity contribution < 1.29 is 9.53 Å². The molecule has 1 N–H and O–H groups in total. The maximum absolute atomic E-state index is 13.9. The quantitative estimate of drug-likeness (QED) is 0.380. The molecule has 1 atom stereocenters. The van der Waals surface area contributed by atoms with Crippen molar-refractivity contribution in [3.05, 3.63) is 56.6 Å². The van der Waals surface area contributed by atoms with Gasteiger partial charge in [0.25, 0.3) is 5.56 Å². The first kappa shape index (κ1) is 28.3. The third-order valence-corrected chi connectivity index (χ3v) is 7.22. The normalized spacial score (nSPS) is 16.0. The van der Waals surface area contributed by atoms with Gasteiger partial charge in [-0.2, -0.15) is 4.98 Å². The Bertz CT molecular complexity index is 1730. The number of alkyl carbamates (subject to hydrolysis) is 1. The SMILES string of the molecule is CCCn1c(N2CCC[C@@H](NC(=O)OC(C)(C)C)C2)nc2c1c(=O)n(Cc1nc(C)c3ccccc3n1)c(=O)n2C. The molecule has 4 aromatic rings. The summed E-state index contributed by atoms with van der Waals surface area (Å²) in [5, 5.41) is 3.90. The third-order valence-electron chi connectivity index (χ3n) is 7.22. The van der Waals surface area contributed by atoms with Crippen LogP contribution in [0.25, 0.3) is 22.1 Å². The summed E-state index contributed by atoms with van der Waals surface area (Å²) in [4.78, 5) is 55.9. The maximum Gasteiger partial charge on any atom is 0.407 e. The van der Waals surface area contributed by atoms with E-state index >= 15 is 0 Å². The van der Waals surface area contributed by atoms with Crippen molar-refractivity contribution in [2.24, 2.45) is 7.05 Å². The molecule has 1 amide bonds. The molecule has 0 bridgehead atoms. The summed E-state index contributed by atoms with van der Waals surface area (Å²) < 4.78 is 9.95. The Labute approximate surface area is 238 Å². The van der Waals surface area contributed by atoms with E-state index in [1.807, 2.05) is 63.5 Å². The van der Waals surface area contributed by atoms with Crippen molar-refractivity contribution in [2.45, 2.75) is 78.6 Å². The number of aryl methyl sites for hydroxylation is 3. The molecular weight excluding hydrogens is 524 g/mol. The highest BCUT2D eigenvalue weighted by Gasteiger charge is 2.29. The number of aromatic nitrogens is 6. The highest BCUT2D eigenvalue weighted by atomic mass is 16.6. The Kier molecular flexibility index (Phi) is 7.58. The van der Waals surface area contributed by atoms with Gasteiger partial charge >= 0.3 is 11.8 Å². The fourth-order valence-electron chi connectivity index (χ4n) is 5.43. The van der Waals surface area contributed by atoms with E-state index in [4.69, 9.17) is 9.72 Å². The topological polar surface area (TPSA) is 129 Å². The van der Waals surface area contributed by atoms with E-state index in [1.54, 1.807) is 7.05 Å². The van der Waals surface area contributed by atoms with Gasteiger partial charge in [-0.3, -0.25) is 13.9 Å². The molecule has 0 spiro atoms. The molecule has 41 heavy (non-hydrogen) atoms. The Morgan fingerprint density at radius 1 is 1.12 bits per heavy atom. The van der Waals surface area contributed by atoms with E-state index in [9.17, 15) is 14.4 Å². The average molecular weight is 563 g/mol. The smallest absolute Gasteiger partial charge is 0.407 e. The van der Waals surface area contributed by atoms with Gasteiger partial charge in [0, 0.05) is 43.8 Å². The molecule has 1 aliphatic heterocycles. The number of carbonyl (C=O) groups excluding carboxylic acids is 1. The molecule has 1 aromatic carbocycles. The number of para-hydroxylation sites is 1. The van der Waals surface area contributed by atoms with Gasteiger partial charge in [-0.1, -0.05) is 25.1 Å². The number of ether oxygens (including phenoxy) is 1. The standard InChI is InChI=1S/C29H38N8O4/c1-7-14-36-23-24(33-26(36)35-15-10-11-19(16-35)31-27(39)41-29(3,4)5)34(6)28(40)37(25(23)38)17-22-30-18(2)20-12-8-9-13-21(20)32-22/h8-9,12-13,19H,7,10-11,14-17H2,1-6H3,(H,31,39)/t19-/m1/s1. The molecule has 3 aromatic heterocycles. The molecule has 0 saturated carbocycles. The summed E-state index contributed by atoms with van der Waals surface area (Å²) in [6.45, 7) is 11.1. The van der Waals surface area contributed by atoms with Gasteiger partial charge in [-0.05, 0) is 53.0 Å². The molecule has 218 valence electrons. The van der Waals surface area contributed by atoms with Crippen LogP contribution in [0.2, 0.25) is 0 Å². The van der Waals surface area contributed by atoms with Crippen LogP contribution in [0.4, 0.5) is 10.7 Å². The molecule has 12 nitrogen and oxygen atoms in total. The lowest BCUT2D eigenvalue weighted by Gasteiger charge is -2.34. The van der Waals surface area contributed by atoms with Crippen LogP contribution in [0.3, 0.4) is 0 Å². The van der Waals surface area contributed by atoms with Crippen LogP contribution in [-0.2, 0) is 24.9 Å². The number of hydrogen-bond donors (Lipinski definition) is 1. The average Bonchev–Trinajstić information content (AvgIpc) is 3.29. The molecule has 1 saturated heterocycles. The lowest BCUT2D eigenvalue weighted by Crippen LogP contribution is -2.49. The van der Waals surface area contributed by atoms with Crippen molar-refractivity contribution in [1.29, 1.82) is 0 Å². The summed E-state index contributed by atoms with van der Waals surface area (Å²) in [5.41, 5.74) is 0.752. The van der Waals surface area contributed by atoms with Crippen LogP contribution in [0.5, 0.6) is 0 Å². The summed E-state index contributed by atoms with van der Waals surface area (Å²) >= 11 is 0. The van der Waals surface area contributed by atoms with Crippen molar-refractivity contribution >= 4 is 34.1 Å². The van der Waals surface area contributed by atoms with E-state index in [0.717, 1.165) is 35.9 Å². The molecule has 5 rings (SSSR count). The number of hydrogen-bond acceptors (Lipinski definition) is 8. The Morgan fingerprint density at radius 2 is 1.88 bits per heavy atom. The first-order valence-corrected chi connectivity index (χ1v) is 14.1. The zero-order valence-electron chi connectivity index (χ0n) is 24.6. The van der Waals surface area contributed by atoms with Crippen molar-refractivity contribution in [2.75, 3.05) is 18.0 Å². The van der Waals surface area contributed by atoms with Gasteiger partial charge < -0.3 is 19.5 Å². The van der Waals surface area contributed by atoms with Gasteiger partial charge in [0.2, 0.25) is 5.95 Å². The number of nitrogens with one attached hydrogen (secondary N) is 1. The third kappa shape index (κ3) is 5.68. The van der Waals surface area contributed by atoms with Crippen LogP contribution in [-0.4, -0.2) is 59.5 Å². The molecule has 1 fully saturated rings. The number of imidazole rings is 1. The highest BCUT2D eigenvalue weighted by Crippen LogP contribution is 2.24. The van der Waals surface area contributed by atoms with Crippen LogP contribution < -0.4 is 21.5 Å². The summed E-state index contributed by atoms with van der Waals surface area (Å²) in [5.74, 6) is 1.01. The van der Waals surface area contributed by atoms with Crippen LogP contribution >= 0.6 is 0 Å². The summed E-state index contributed by atoms with van der Waals surface area (Å²) in [6, 6.07) is 7.53. The van der Waals surface area contributed by atoms with E-state index in [2.05, 4.69) is 20.2 Å². The monoisotopic (exact) mass is 562 g/mol. The van der Waals surface area contributed by atoms with E-state index in [1.165, 1.54) is 9.13 Å².